The van der Waals surface area contributed by atoms with E-state index in [0.717, 1.165) is 10.0 Å². The van der Waals surface area contributed by atoms with Gasteiger partial charge in [0.05, 0.1) is 18.0 Å². The molecule has 0 heterocycles. The summed E-state index contributed by atoms with van der Waals surface area (Å²) in [5.41, 5.74) is 1.60. The van der Waals surface area contributed by atoms with Gasteiger partial charge in [-0.15, -0.1) is 0 Å². The number of hydrogen-bond donors (Lipinski definition) is 2. The summed E-state index contributed by atoms with van der Waals surface area (Å²) in [4.78, 5) is 12.7. The molecular weight excluding hydrogens is 468 g/mol. The molecule has 0 radical (unpaired) electrons. The molecule has 3 aromatic carbocycles. The van der Waals surface area contributed by atoms with Crippen molar-refractivity contribution in [2.24, 2.45) is 0 Å². The number of nitrogens with one attached hydrogen (secondary N) is 2. The van der Waals surface area contributed by atoms with Gasteiger partial charge in [0.25, 0.3) is 15.9 Å². The maximum atomic E-state index is 12.7. The number of carbonyl (C=O) groups excluding carboxylic acids is 1. The molecule has 2 N–H and O–H groups in total. The molecule has 0 aromatic heterocycles. The predicted molar refractivity (Wildman–Crippen MR) is 120 cm³/mol. The zero-order valence-corrected chi connectivity index (χ0v) is 18.8. The van der Waals surface area contributed by atoms with E-state index in [1.165, 1.54) is 19.2 Å². The number of benzene rings is 3. The van der Waals surface area contributed by atoms with Gasteiger partial charge in [0.15, 0.2) is 0 Å². The zero-order valence-electron chi connectivity index (χ0n) is 16.4. The van der Waals surface area contributed by atoms with Gasteiger partial charge in [-0.25, -0.2) is 8.42 Å². The van der Waals surface area contributed by atoms with Crippen molar-refractivity contribution < 1.29 is 17.9 Å². The highest BCUT2D eigenvalue weighted by Gasteiger charge is 2.18. The second kappa shape index (κ2) is 9.32. The van der Waals surface area contributed by atoms with Crippen molar-refractivity contribution in [3.8, 4) is 5.75 Å². The molecule has 1 amide bonds. The van der Waals surface area contributed by atoms with Crippen LogP contribution in [-0.4, -0.2) is 21.4 Å². The number of ether oxygens (including phenoxy) is 1. The second-order valence-corrected chi connectivity index (χ2v) is 9.21. The fraction of sp³-hybridized carbons (Fsp3) is 0.136. The van der Waals surface area contributed by atoms with Crippen LogP contribution in [0.5, 0.6) is 5.75 Å². The largest absolute Gasteiger partial charge is 0.497 e. The minimum absolute atomic E-state index is 0.00210. The third kappa shape index (κ3) is 5.40. The molecule has 0 saturated heterocycles. The summed E-state index contributed by atoms with van der Waals surface area (Å²) in [7, 11) is -2.32. The van der Waals surface area contributed by atoms with Crippen molar-refractivity contribution in [1.82, 2.24) is 5.32 Å². The third-order valence-corrected chi connectivity index (χ3v) is 6.37. The molecule has 0 spiro atoms. The summed E-state index contributed by atoms with van der Waals surface area (Å²) < 4.78 is 34.0. The Balaban J connectivity index is 1.75. The lowest BCUT2D eigenvalue weighted by atomic mass is 10.1. The monoisotopic (exact) mass is 488 g/mol. The lowest BCUT2D eigenvalue weighted by Gasteiger charge is -2.15. The number of halogens is 1. The molecule has 3 aromatic rings. The molecule has 3 rings (SSSR count). The van der Waals surface area contributed by atoms with E-state index < -0.39 is 10.0 Å². The lowest BCUT2D eigenvalue weighted by molar-refractivity contribution is 0.0939. The molecule has 0 saturated carbocycles. The number of sulfonamides is 1. The van der Waals surface area contributed by atoms with Crippen LogP contribution in [0.3, 0.4) is 0 Å². The Labute approximate surface area is 184 Å². The van der Waals surface area contributed by atoms with Gasteiger partial charge in [-0.3, -0.25) is 9.52 Å². The first kappa shape index (κ1) is 21.9. The van der Waals surface area contributed by atoms with Crippen LogP contribution in [0.1, 0.15) is 28.9 Å². The molecule has 156 valence electrons. The van der Waals surface area contributed by atoms with Crippen molar-refractivity contribution in [1.29, 1.82) is 0 Å². The zero-order chi connectivity index (χ0) is 21.7. The lowest BCUT2D eigenvalue weighted by Crippen LogP contribution is -2.27. The van der Waals surface area contributed by atoms with E-state index in [1.54, 1.807) is 36.4 Å². The van der Waals surface area contributed by atoms with E-state index in [0.29, 0.717) is 11.4 Å². The molecule has 1 atom stereocenters. The van der Waals surface area contributed by atoms with Crippen LogP contribution in [-0.2, 0) is 10.0 Å². The van der Waals surface area contributed by atoms with E-state index in [1.807, 2.05) is 31.2 Å². The van der Waals surface area contributed by atoms with Gasteiger partial charge >= 0.3 is 0 Å². The summed E-state index contributed by atoms with van der Waals surface area (Å²) in [6, 6.07) is 19.8. The molecule has 6 nitrogen and oxygen atoms in total. The van der Waals surface area contributed by atoms with Crippen LogP contribution < -0.4 is 14.8 Å². The maximum Gasteiger partial charge on any atom is 0.261 e. The minimum Gasteiger partial charge on any atom is -0.497 e. The molecule has 0 fully saturated rings. The van der Waals surface area contributed by atoms with Gasteiger partial charge in [-0.2, -0.15) is 0 Å². The normalized spacial score (nSPS) is 12.1. The second-order valence-electron chi connectivity index (χ2n) is 6.61. The molecule has 0 bridgehead atoms. The third-order valence-electron chi connectivity index (χ3n) is 4.47. The number of carbonyl (C=O) groups is 1. The summed E-state index contributed by atoms with van der Waals surface area (Å²) >= 11 is 3.38. The molecule has 0 aliphatic carbocycles. The average molecular weight is 489 g/mol. The van der Waals surface area contributed by atoms with Crippen molar-refractivity contribution in [2.45, 2.75) is 17.9 Å². The summed E-state index contributed by atoms with van der Waals surface area (Å²) in [6.07, 6.45) is 0. The Morgan fingerprint density at radius 2 is 1.67 bits per heavy atom. The minimum atomic E-state index is -3.85. The van der Waals surface area contributed by atoms with Crippen molar-refractivity contribution in [3.05, 3.63) is 88.4 Å². The molecule has 1 unspecified atom stereocenters. The highest BCUT2D eigenvalue weighted by atomic mass is 79.9. The quantitative estimate of drug-likeness (QED) is 0.502. The smallest absolute Gasteiger partial charge is 0.261 e. The fourth-order valence-corrected chi connectivity index (χ4v) is 4.16. The van der Waals surface area contributed by atoms with Crippen molar-refractivity contribution in [3.63, 3.8) is 0 Å². The Bertz CT molecular complexity index is 1130. The summed E-state index contributed by atoms with van der Waals surface area (Å²) in [5, 5.41) is 2.89. The first-order valence-electron chi connectivity index (χ1n) is 9.12. The van der Waals surface area contributed by atoms with Crippen LogP contribution >= 0.6 is 15.9 Å². The Kier molecular flexibility index (Phi) is 6.79. The number of methoxy groups -OCH3 is 1. The Morgan fingerprint density at radius 3 is 2.30 bits per heavy atom. The first-order valence-corrected chi connectivity index (χ1v) is 11.4. The van der Waals surface area contributed by atoms with E-state index in [9.17, 15) is 13.2 Å². The van der Waals surface area contributed by atoms with Crippen LogP contribution in [0.4, 0.5) is 5.69 Å². The van der Waals surface area contributed by atoms with E-state index in [2.05, 4.69) is 26.0 Å². The van der Waals surface area contributed by atoms with Crippen LogP contribution in [0.25, 0.3) is 0 Å². The maximum absolute atomic E-state index is 12.7. The highest BCUT2D eigenvalue weighted by Crippen LogP contribution is 2.21. The number of rotatable bonds is 7. The molecule has 30 heavy (non-hydrogen) atoms. The summed E-state index contributed by atoms with van der Waals surface area (Å²) in [6.45, 7) is 1.87. The van der Waals surface area contributed by atoms with E-state index in [4.69, 9.17) is 4.74 Å². The Hall–Kier alpha value is -2.84. The van der Waals surface area contributed by atoms with E-state index in [-0.39, 0.29) is 22.4 Å². The molecule has 0 aliphatic rings. The van der Waals surface area contributed by atoms with Crippen molar-refractivity contribution in [2.75, 3.05) is 11.8 Å². The van der Waals surface area contributed by atoms with Crippen LogP contribution in [0.2, 0.25) is 0 Å². The van der Waals surface area contributed by atoms with Gasteiger partial charge in [-0.05, 0) is 67.1 Å². The van der Waals surface area contributed by atoms with E-state index >= 15 is 0 Å². The summed E-state index contributed by atoms with van der Waals surface area (Å²) in [5.74, 6) is 0.267. The standard InChI is InChI=1S/C22H21BrN2O4S/c1-15(16-6-8-18(23)9-7-16)24-22(26)17-4-3-5-21(14-17)30(27,28)25-19-10-12-20(29-2)13-11-19/h3-15,25H,1-2H3,(H,24,26). The topological polar surface area (TPSA) is 84.5 Å². The van der Waals surface area contributed by atoms with Gasteiger partial charge < -0.3 is 10.1 Å². The number of amides is 1. The average Bonchev–Trinajstić information content (AvgIpc) is 2.74. The number of anilines is 1. The molecular formula is C22H21BrN2O4S. The van der Waals surface area contributed by atoms with Gasteiger partial charge in [-0.1, -0.05) is 34.1 Å². The van der Waals surface area contributed by atoms with Gasteiger partial charge in [0, 0.05) is 15.7 Å². The van der Waals surface area contributed by atoms with Crippen LogP contribution in [0.15, 0.2) is 82.2 Å². The molecule has 0 aliphatic heterocycles. The fourth-order valence-electron chi connectivity index (χ4n) is 2.79. The van der Waals surface area contributed by atoms with Gasteiger partial charge in [0.2, 0.25) is 0 Å². The highest BCUT2D eigenvalue weighted by molar-refractivity contribution is 9.10. The first-order chi connectivity index (χ1) is 14.3. The van der Waals surface area contributed by atoms with Crippen molar-refractivity contribution >= 4 is 37.5 Å². The molecule has 8 heteroatoms. The van der Waals surface area contributed by atoms with Gasteiger partial charge in [0.1, 0.15) is 5.75 Å². The van der Waals surface area contributed by atoms with Crippen LogP contribution in [0, 0.1) is 0 Å². The Morgan fingerprint density at radius 1 is 1.00 bits per heavy atom. The SMILES string of the molecule is COc1ccc(NS(=O)(=O)c2cccc(C(=O)NC(C)c3ccc(Br)cc3)c2)cc1. The number of hydrogen-bond acceptors (Lipinski definition) is 4. The predicted octanol–water partition coefficient (Wildman–Crippen LogP) is 4.75.